The summed E-state index contributed by atoms with van der Waals surface area (Å²) in [6.45, 7) is 5.41. The largest absolute Gasteiger partial charge is 0.379 e. The van der Waals surface area contributed by atoms with E-state index in [1.54, 1.807) is 11.8 Å². The highest BCUT2D eigenvalue weighted by molar-refractivity contribution is 8.00. The number of rotatable bonds is 2. The zero-order valence-corrected chi connectivity index (χ0v) is 9.60. The summed E-state index contributed by atoms with van der Waals surface area (Å²) < 4.78 is 5.12. The Morgan fingerprint density at radius 2 is 2.27 bits per heavy atom. The number of nitriles is 1. The van der Waals surface area contributed by atoms with Crippen molar-refractivity contribution < 1.29 is 4.74 Å². The van der Waals surface area contributed by atoms with Crippen molar-refractivity contribution in [1.29, 1.82) is 5.26 Å². The van der Waals surface area contributed by atoms with Gasteiger partial charge in [0, 0.05) is 10.6 Å². The quantitative estimate of drug-likeness (QED) is 0.765. The number of nitrogens with zero attached hydrogens (tertiary/aromatic N) is 2. The van der Waals surface area contributed by atoms with Gasteiger partial charge in [0.15, 0.2) is 0 Å². The fourth-order valence-electron chi connectivity index (χ4n) is 1.48. The second-order valence-electron chi connectivity index (χ2n) is 3.61. The molecule has 0 radical (unpaired) electrons. The summed E-state index contributed by atoms with van der Waals surface area (Å²) in [5.74, 6) is 0. The monoisotopic (exact) mass is 220 g/mol. The standard InChI is InChI=1S/C11H12N2OS/c1-7-3-11(15-9-5-14-6-9)10(4-12)8(2)13-7/h3,9H,5-6H2,1-2H3. The van der Waals surface area contributed by atoms with E-state index in [1.165, 1.54) is 0 Å². The molecule has 1 aliphatic heterocycles. The van der Waals surface area contributed by atoms with Crippen LogP contribution in [0.1, 0.15) is 17.0 Å². The van der Waals surface area contributed by atoms with Crippen molar-refractivity contribution in [2.75, 3.05) is 13.2 Å². The van der Waals surface area contributed by atoms with Gasteiger partial charge >= 0.3 is 0 Å². The van der Waals surface area contributed by atoms with Gasteiger partial charge in [-0.25, -0.2) is 0 Å². The molecule has 1 aliphatic rings. The minimum Gasteiger partial charge on any atom is -0.379 e. The lowest BCUT2D eigenvalue weighted by Crippen LogP contribution is -2.30. The van der Waals surface area contributed by atoms with Gasteiger partial charge in [-0.05, 0) is 19.9 Å². The second kappa shape index (κ2) is 4.21. The molecule has 1 aromatic rings. The molecule has 0 unspecified atom stereocenters. The molecule has 0 aliphatic carbocycles. The van der Waals surface area contributed by atoms with Crippen LogP contribution in [0, 0.1) is 25.2 Å². The zero-order valence-electron chi connectivity index (χ0n) is 8.78. The molecule has 0 aromatic carbocycles. The van der Waals surface area contributed by atoms with Crippen molar-refractivity contribution in [2.24, 2.45) is 0 Å². The summed E-state index contributed by atoms with van der Waals surface area (Å²) in [4.78, 5) is 5.33. The summed E-state index contributed by atoms with van der Waals surface area (Å²) in [7, 11) is 0. The van der Waals surface area contributed by atoms with E-state index < -0.39 is 0 Å². The first kappa shape index (κ1) is 10.5. The van der Waals surface area contributed by atoms with E-state index in [2.05, 4.69) is 11.1 Å². The minimum atomic E-state index is 0.498. The molecule has 0 atom stereocenters. The number of pyridine rings is 1. The maximum atomic E-state index is 9.06. The number of hydrogen-bond donors (Lipinski definition) is 0. The van der Waals surface area contributed by atoms with E-state index >= 15 is 0 Å². The Morgan fingerprint density at radius 1 is 1.53 bits per heavy atom. The fraction of sp³-hybridized carbons (Fsp3) is 0.455. The van der Waals surface area contributed by atoms with Crippen LogP contribution in [0.15, 0.2) is 11.0 Å². The maximum Gasteiger partial charge on any atom is 0.102 e. The van der Waals surface area contributed by atoms with Crippen molar-refractivity contribution >= 4 is 11.8 Å². The van der Waals surface area contributed by atoms with Crippen LogP contribution in [-0.4, -0.2) is 23.4 Å². The highest BCUT2D eigenvalue weighted by Crippen LogP contribution is 2.31. The van der Waals surface area contributed by atoms with Crippen LogP contribution in [0.5, 0.6) is 0 Å². The summed E-state index contributed by atoms with van der Waals surface area (Å²) in [6.07, 6.45) is 0. The average molecular weight is 220 g/mol. The summed E-state index contributed by atoms with van der Waals surface area (Å²) >= 11 is 1.72. The maximum absolute atomic E-state index is 9.06. The van der Waals surface area contributed by atoms with E-state index in [1.807, 2.05) is 19.9 Å². The SMILES string of the molecule is Cc1cc(SC2COC2)c(C#N)c(C)n1. The normalized spacial score (nSPS) is 15.8. The zero-order chi connectivity index (χ0) is 10.8. The third-order valence-corrected chi connectivity index (χ3v) is 3.49. The molecule has 0 saturated carbocycles. The van der Waals surface area contributed by atoms with Crippen LogP contribution in [0.2, 0.25) is 0 Å². The smallest absolute Gasteiger partial charge is 0.102 e. The molecule has 3 nitrogen and oxygen atoms in total. The second-order valence-corrected chi connectivity index (χ2v) is 4.95. The Hall–Kier alpha value is -1.05. The Morgan fingerprint density at radius 3 is 2.80 bits per heavy atom. The lowest BCUT2D eigenvalue weighted by Gasteiger charge is -2.25. The fourth-order valence-corrected chi connectivity index (χ4v) is 2.72. The molecule has 0 spiro atoms. The first-order valence-electron chi connectivity index (χ1n) is 4.83. The predicted molar refractivity (Wildman–Crippen MR) is 58.9 cm³/mol. The third-order valence-electron chi connectivity index (χ3n) is 2.31. The Bertz CT molecular complexity index is 421. The van der Waals surface area contributed by atoms with Gasteiger partial charge < -0.3 is 4.74 Å². The van der Waals surface area contributed by atoms with Crippen LogP contribution < -0.4 is 0 Å². The van der Waals surface area contributed by atoms with Crippen LogP contribution in [0.4, 0.5) is 0 Å². The van der Waals surface area contributed by atoms with Gasteiger partial charge in [0.05, 0.1) is 29.7 Å². The van der Waals surface area contributed by atoms with Gasteiger partial charge in [-0.1, -0.05) is 0 Å². The first-order chi connectivity index (χ1) is 7.20. The molecule has 1 aromatic heterocycles. The predicted octanol–water partition coefficient (Wildman–Crippen LogP) is 2.06. The van der Waals surface area contributed by atoms with E-state index in [-0.39, 0.29) is 0 Å². The molecule has 0 amide bonds. The Kier molecular flexibility index (Phi) is 2.94. The highest BCUT2D eigenvalue weighted by Gasteiger charge is 2.21. The van der Waals surface area contributed by atoms with Crippen molar-refractivity contribution in [3.8, 4) is 6.07 Å². The van der Waals surface area contributed by atoms with E-state index in [0.717, 1.165) is 29.5 Å². The molecular weight excluding hydrogens is 208 g/mol. The highest BCUT2D eigenvalue weighted by atomic mass is 32.2. The topological polar surface area (TPSA) is 45.9 Å². The van der Waals surface area contributed by atoms with Crippen LogP contribution in [0.3, 0.4) is 0 Å². The van der Waals surface area contributed by atoms with Gasteiger partial charge in [0.25, 0.3) is 0 Å². The van der Waals surface area contributed by atoms with Crippen molar-refractivity contribution in [1.82, 2.24) is 4.98 Å². The molecular formula is C11H12N2OS. The molecule has 78 valence electrons. The molecule has 4 heteroatoms. The number of aromatic nitrogens is 1. The number of ether oxygens (including phenoxy) is 1. The molecule has 2 heterocycles. The Labute approximate surface area is 93.5 Å². The van der Waals surface area contributed by atoms with Crippen molar-refractivity contribution in [2.45, 2.75) is 24.0 Å². The molecule has 2 rings (SSSR count). The summed E-state index contributed by atoms with van der Waals surface area (Å²) in [5, 5.41) is 9.56. The molecule has 15 heavy (non-hydrogen) atoms. The van der Waals surface area contributed by atoms with Crippen LogP contribution in [-0.2, 0) is 4.74 Å². The van der Waals surface area contributed by atoms with Crippen molar-refractivity contribution in [3.05, 3.63) is 23.0 Å². The molecule has 1 fully saturated rings. The van der Waals surface area contributed by atoms with E-state index in [9.17, 15) is 0 Å². The molecule has 1 saturated heterocycles. The lowest BCUT2D eigenvalue weighted by atomic mass is 10.2. The average Bonchev–Trinajstić information content (AvgIpc) is 2.10. The first-order valence-corrected chi connectivity index (χ1v) is 5.71. The van der Waals surface area contributed by atoms with Gasteiger partial charge in [-0.3, -0.25) is 4.98 Å². The number of thioether (sulfide) groups is 1. The Balaban J connectivity index is 2.31. The summed E-state index contributed by atoms with van der Waals surface area (Å²) in [6, 6.07) is 4.20. The third kappa shape index (κ3) is 2.14. The number of aryl methyl sites for hydroxylation is 2. The van der Waals surface area contributed by atoms with E-state index in [4.69, 9.17) is 10.00 Å². The number of hydrogen-bond acceptors (Lipinski definition) is 4. The van der Waals surface area contributed by atoms with Gasteiger partial charge in [-0.15, -0.1) is 11.8 Å². The van der Waals surface area contributed by atoms with Crippen molar-refractivity contribution in [3.63, 3.8) is 0 Å². The molecule has 0 N–H and O–H groups in total. The van der Waals surface area contributed by atoms with Gasteiger partial charge in [0.2, 0.25) is 0 Å². The lowest BCUT2D eigenvalue weighted by molar-refractivity contribution is 0.0455. The minimum absolute atomic E-state index is 0.498. The van der Waals surface area contributed by atoms with E-state index in [0.29, 0.717) is 10.8 Å². The van der Waals surface area contributed by atoms with Gasteiger partial charge in [0.1, 0.15) is 6.07 Å². The van der Waals surface area contributed by atoms with Gasteiger partial charge in [-0.2, -0.15) is 5.26 Å². The summed E-state index contributed by atoms with van der Waals surface area (Å²) in [5.41, 5.74) is 2.49. The van der Waals surface area contributed by atoms with Crippen LogP contribution >= 0.6 is 11.8 Å². The van der Waals surface area contributed by atoms with Crippen LogP contribution in [0.25, 0.3) is 0 Å². The molecule has 0 bridgehead atoms.